The highest BCUT2D eigenvalue weighted by molar-refractivity contribution is 7.69. The smallest absolute Gasteiger partial charge is 0.396 e. The number of rotatable bonds is 10. The largest absolute Gasteiger partial charge is 0.490 e. The first-order chi connectivity index (χ1) is 11.4. The number of hydrogen-bond acceptors (Lipinski definition) is 11. The summed E-state index contributed by atoms with van der Waals surface area (Å²) in [6, 6.07) is 0. The maximum atomic E-state index is 10.7. The van der Waals surface area contributed by atoms with Gasteiger partial charge in [-0.05, 0) is 0 Å². The zero-order valence-corrected chi connectivity index (χ0v) is 16.0. The molecule has 160 valence electrons. The van der Waals surface area contributed by atoms with Gasteiger partial charge in [0.15, 0.2) is 0 Å². The van der Waals surface area contributed by atoms with Crippen LogP contribution in [0.25, 0.3) is 0 Å². The third-order valence-electron chi connectivity index (χ3n) is 1.97. The molecule has 21 heteroatoms. The Kier molecular flexibility index (Phi) is 11.9. The maximum absolute atomic E-state index is 10.7. The third-order valence-corrected chi connectivity index (χ3v) is 6.97. The van der Waals surface area contributed by atoms with E-state index in [9.17, 15) is 18.3 Å². The highest BCUT2D eigenvalue weighted by Crippen LogP contribution is 2.69. The van der Waals surface area contributed by atoms with Crippen LogP contribution in [-0.4, -0.2) is 76.2 Å². The van der Waals surface area contributed by atoms with E-state index in [1.807, 2.05) is 0 Å². The van der Waals surface area contributed by atoms with Crippen LogP contribution in [-0.2, 0) is 31.2 Å². The highest BCUT2D eigenvalue weighted by Gasteiger charge is 2.43. The molecule has 2 atom stereocenters. The monoisotopic (exact) mass is 474 g/mol. The Morgan fingerprint density at radius 1 is 0.538 bits per heavy atom. The maximum Gasteiger partial charge on any atom is 0.490 e. The molecule has 0 bridgehead atoms. The van der Waals surface area contributed by atoms with Crippen molar-refractivity contribution in [1.82, 2.24) is 0 Å². The molecule has 0 aromatic heterocycles. The summed E-state index contributed by atoms with van der Waals surface area (Å²) in [5.41, 5.74) is -1.11. The summed E-state index contributed by atoms with van der Waals surface area (Å²) in [6.45, 7) is -1.62. The molecule has 0 rings (SSSR count). The van der Waals surface area contributed by atoms with E-state index in [0.717, 1.165) is 0 Å². The van der Waals surface area contributed by atoms with Gasteiger partial charge in [0.05, 0.1) is 31.8 Å². The molecule has 0 saturated carbocycles. The zero-order valence-electron chi connectivity index (χ0n) is 12.4. The van der Waals surface area contributed by atoms with Crippen LogP contribution in [0.4, 0.5) is 0 Å². The lowest BCUT2D eigenvalue weighted by molar-refractivity contribution is -0.0328. The van der Waals surface area contributed by atoms with Crippen molar-refractivity contribution >= 4 is 31.3 Å². The minimum Gasteiger partial charge on any atom is -0.396 e. The molecule has 26 heavy (non-hydrogen) atoms. The summed E-state index contributed by atoms with van der Waals surface area (Å²) in [4.78, 5) is 49.4. The fourth-order valence-corrected chi connectivity index (χ4v) is 4.70. The zero-order chi connectivity index (χ0) is 21.4. The van der Waals surface area contributed by atoms with Gasteiger partial charge >= 0.3 is 31.3 Å². The van der Waals surface area contributed by atoms with Crippen LogP contribution in [0.5, 0.6) is 0 Å². The Hall–Kier alpha value is 0.400. The second-order valence-electron chi connectivity index (χ2n) is 4.30. The molecule has 0 radical (unpaired) electrons. The summed E-state index contributed by atoms with van der Waals surface area (Å²) in [5, 5.41) is 34.0. The second kappa shape index (κ2) is 10.8. The van der Waals surface area contributed by atoms with Gasteiger partial charge in [-0.25, -0.2) is 18.3 Å². The van der Waals surface area contributed by atoms with Gasteiger partial charge in [-0.2, -0.15) is 12.9 Å². The molecule has 17 nitrogen and oxygen atoms in total. The van der Waals surface area contributed by atoms with Gasteiger partial charge in [0, 0.05) is 0 Å². The fourth-order valence-electron chi connectivity index (χ4n) is 0.729. The predicted molar refractivity (Wildman–Crippen MR) is 77.8 cm³/mol. The van der Waals surface area contributed by atoms with Gasteiger partial charge in [-0.3, -0.25) is 0 Å². The van der Waals surface area contributed by atoms with Crippen molar-refractivity contribution < 1.29 is 81.0 Å². The molecule has 10 N–H and O–H groups in total. The van der Waals surface area contributed by atoms with Crippen LogP contribution in [0.2, 0.25) is 0 Å². The van der Waals surface area contributed by atoms with Crippen molar-refractivity contribution in [2.45, 2.75) is 0 Å². The van der Waals surface area contributed by atoms with Crippen LogP contribution in [0, 0.1) is 5.41 Å². The molecule has 0 aliphatic carbocycles. The van der Waals surface area contributed by atoms with Crippen LogP contribution in [0.15, 0.2) is 0 Å². The molecule has 0 spiro atoms. The van der Waals surface area contributed by atoms with E-state index >= 15 is 0 Å². The first kappa shape index (κ1) is 28.6. The van der Waals surface area contributed by atoms with Gasteiger partial charge in [0.1, 0.15) is 0 Å². The van der Waals surface area contributed by atoms with Crippen molar-refractivity contribution in [2.75, 3.05) is 26.4 Å². The molecule has 0 aliphatic rings. The first-order valence-electron chi connectivity index (χ1n) is 5.70. The van der Waals surface area contributed by atoms with Crippen LogP contribution in [0.3, 0.4) is 0 Å². The number of hydrogen-bond donors (Lipinski definition) is 10. The average Bonchev–Trinajstić information content (AvgIpc) is 2.35. The van der Waals surface area contributed by atoms with Crippen LogP contribution < -0.4 is 0 Å². The summed E-state index contributed by atoms with van der Waals surface area (Å²) >= 11 is 0. The standard InChI is InChI=1S/C5H12O4.H6O13P4/c6-1-5(2-7,3-8)4-9;1-14(2,3)11-16(7,8)13-17(9,10)12-15(4,5)6/h6-9H,1-4H2;(H,7,8)(H,9,10)(H2,1,2,3)(H2,4,5,6). The van der Waals surface area contributed by atoms with E-state index in [-0.39, 0.29) is 0 Å². The van der Waals surface area contributed by atoms with Gasteiger partial charge in [0.2, 0.25) is 0 Å². The van der Waals surface area contributed by atoms with Gasteiger partial charge in [-0.1, -0.05) is 0 Å². The van der Waals surface area contributed by atoms with Crippen molar-refractivity contribution in [3.8, 4) is 0 Å². The second-order valence-corrected chi connectivity index (χ2v) is 10.1. The first-order valence-corrected chi connectivity index (χ1v) is 11.8. The lowest BCUT2D eigenvalue weighted by Crippen LogP contribution is -2.37. The quantitative estimate of drug-likeness (QED) is 0.145. The normalized spacial score (nSPS) is 17.6. The summed E-state index contributed by atoms with van der Waals surface area (Å²) in [6.07, 6.45) is 0. The number of aliphatic hydroxyl groups excluding tert-OH is 4. The van der Waals surface area contributed by atoms with Gasteiger partial charge in [-0.15, -0.1) is 0 Å². The molecule has 0 heterocycles. The fraction of sp³-hybridized carbons (Fsp3) is 1.00. The average molecular weight is 474 g/mol. The molecule has 0 amide bonds. The molecular formula is C5H18O17P4. The van der Waals surface area contributed by atoms with Crippen LogP contribution in [0.1, 0.15) is 0 Å². The Morgan fingerprint density at radius 2 is 0.769 bits per heavy atom. The molecule has 0 saturated heterocycles. The van der Waals surface area contributed by atoms with E-state index in [1.54, 1.807) is 0 Å². The van der Waals surface area contributed by atoms with Gasteiger partial charge < -0.3 is 49.8 Å². The number of aliphatic hydroxyl groups is 4. The van der Waals surface area contributed by atoms with Crippen molar-refractivity contribution in [3.63, 3.8) is 0 Å². The van der Waals surface area contributed by atoms with Crippen molar-refractivity contribution in [2.24, 2.45) is 5.41 Å². The van der Waals surface area contributed by atoms with E-state index in [0.29, 0.717) is 0 Å². The van der Waals surface area contributed by atoms with Crippen molar-refractivity contribution in [3.05, 3.63) is 0 Å². The molecule has 0 aliphatic heterocycles. The lowest BCUT2D eigenvalue weighted by Gasteiger charge is -2.23. The van der Waals surface area contributed by atoms with Gasteiger partial charge in [0.25, 0.3) is 0 Å². The molecule has 0 fully saturated rings. The number of phosphoric acid groups is 4. The van der Waals surface area contributed by atoms with E-state index in [1.165, 1.54) is 0 Å². The lowest BCUT2D eigenvalue weighted by atomic mass is 9.93. The Bertz CT molecular complexity index is 539. The van der Waals surface area contributed by atoms with Crippen molar-refractivity contribution in [1.29, 1.82) is 0 Å². The SMILES string of the molecule is O=P(O)(O)OP(=O)(O)OP(=O)(O)OP(=O)(O)O.OCC(CO)(CO)CO. The predicted octanol–water partition coefficient (Wildman–Crippen LogP) is -2.64. The topological polar surface area (TPSA) is 298 Å². The summed E-state index contributed by atoms with van der Waals surface area (Å²) < 4.78 is 50.9. The summed E-state index contributed by atoms with van der Waals surface area (Å²) in [5.74, 6) is 0. The van der Waals surface area contributed by atoms with E-state index in [4.69, 9.17) is 49.8 Å². The van der Waals surface area contributed by atoms with E-state index < -0.39 is 63.1 Å². The minimum absolute atomic E-state index is 0.406. The highest BCUT2D eigenvalue weighted by atomic mass is 31.3. The third kappa shape index (κ3) is 14.5. The van der Waals surface area contributed by atoms with E-state index in [2.05, 4.69) is 12.9 Å². The van der Waals surface area contributed by atoms with Crippen LogP contribution >= 0.6 is 31.3 Å². The Labute approximate surface area is 145 Å². The molecular weight excluding hydrogens is 456 g/mol. The molecule has 2 unspecified atom stereocenters. The Morgan fingerprint density at radius 3 is 0.885 bits per heavy atom. The molecule has 0 aromatic rings. The molecule has 0 aromatic carbocycles. The minimum atomic E-state index is -5.77. The summed E-state index contributed by atoms with van der Waals surface area (Å²) in [7, 11) is -22.6. The Balaban J connectivity index is 0.